The molecule has 0 aliphatic carbocycles. The molecule has 2 N–H and O–H groups in total. The summed E-state index contributed by atoms with van der Waals surface area (Å²) in [4.78, 5) is 27.8. The van der Waals surface area contributed by atoms with E-state index in [0.29, 0.717) is 19.5 Å². The van der Waals surface area contributed by atoms with Crippen molar-refractivity contribution in [2.45, 2.75) is 38.1 Å². The fourth-order valence-corrected chi connectivity index (χ4v) is 3.61. The van der Waals surface area contributed by atoms with Crippen molar-refractivity contribution in [3.8, 4) is 0 Å². The van der Waals surface area contributed by atoms with Crippen molar-refractivity contribution in [2.24, 2.45) is 0 Å². The normalized spacial score (nSPS) is 19.4. The number of hydrogen-bond donors (Lipinski definition) is 2. The zero-order chi connectivity index (χ0) is 17.5. The molecule has 0 aromatic carbocycles. The second-order valence-corrected chi connectivity index (χ2v) is 6.75. The monoisotopic (exact) mass is 348 g/mol. The van der Waals surface area contributed by atoms with Crippen molar-refractivity contribution >= 4 is 11.9 Å². The molecule has 7 heteroatoms. The SMILES string of the molecule is O=C(NCCCN1CCCC1=O)NC[C@H](c1ccco1)N1CCCC1. The maximum Gasteiger partial charge on any atom is 0.314 e. The highest BCUT2D eigenvalue weighted by Gasteiger charge is 2.26. The average Bonchev–Trinajstić information content (AvgIpc) is 3.36. The Morgan fingerprint density at radius 3 is 2.72 bits per heavy atom. The number of nitrogens with one attached hydrogen (secondary N) is 2. The summed E-state index contributed by atoms with van der Waals surface area (Å²) in [6.07, 6.45) is 6.47. The molecule has 138 valence electrons. The Morgan fingerprint density at radius 1 is 1.20 bits per heavy atom. The molecule has 0 unspecified atom stereocenters. The molecule has 2 aliphatic heterocycles. The van der Waals surface area contributed by atoms with Crippen LogP contribution in [0.1, 0.15) is 43.9 Å². The summed E-state index contributed by atoms with van der Waals surface area (Å²) in [5, 5.41) is 5.83. The zero-order valence-electron chi connectivity index (χ0n) is 14.7. The fraction of sp³-hybridized carbons (Fsp3) is 0.667. The molecule has 2 saturated heterocycles. The first kappa shape index (κ1) is 17.8. The lowest BCUT2D eigenvalue weighted by Crippen LogP contribution is -2.42. The van der Waals surface area contributed by atoms with E-state index in [1.807, 2.05) is 17.0 Å². The van der Waals surface area contributed by atoms with E-state index in [9.17, 15) is 9.59 Å². The van der Waals surface area contributed by atoms with Crippen LogP contribution in [0, 0.1) is 0 Å². The van der Waals surface area contributed by atoms with Crippen LogP contribution in [0.2, 0.25) is 0 Å². The standard InChI is InChI=1S/C18H28N4O3/c23-17-7-3-11-22(17)12-5-8-19-18(24)20-14-15(16-6-4-13-25-16)21-9-1-2-10-21/h4,6,13,15H,1-3,5,7-12,14H2,(H2,19,20,24)/t15-/m1/s1. The summed E-state index contributed by atoms with van der Waals surface area (Å²) < 4.78 is 5.56. The molecule has 1 atom stereocenters. The van der Waals surface area contributed by atoms with Gasteiger partial charge in [-0.25, -0.2) is 4.79 Å². The Bertz CT molecular complexity index is 555. The van der Waals surface area contributed by atoms with Crippen molar-refractivity contribution in [2.75, 3.05) is 39.3 Å². The molecule has 3 rings (SSSR count). The van der Waals surface area contributed by atoms with Gasteiger partial charge in [0.15, 0.2) is 0 Å². The van der Waals surface area contributed by atoms with Crippen LogP contribution in [0.5, 0.6) is 0 Å². The van der Waals surface area contributed by atoms with Crippen LogP contribution in [0.3, 0.4) is 0 Å². The van der Waals surface area contributed by atoms with Gasteiger partial charge in [0.05, 0.1) is 12.3 Å². The summed E-state index contributed by atoms with van der Waals surface area (Å²) in [5.41, 5.74) is 0. The third-order valence-corrected chi connectivity index (χ3v) is 4.97. The van der Waals surface area contributed by atoms with Gasteiger partial charge in [0.1, 0.15) is 5.76 Å². The molecule has 0 saturated carbocycles. The van der Waals surface area contributed by atoms with E-state index in [1.54, 1.807) is 6.26 Å². The van der Waals surface area contributed by atoms with E-state index in [-0.39, 0.29) is 18.0 Å². The van der Waals surface area contributed by atoms with E-state index in [0.717, 1.165) is 44.8 Å². The van der Waals surface area contributed by atoms with Gasteiger partial charge in [-0.3, -0.25) is 9.69 Å². The van der Waals surface area contributed by atoms with Crippen molar-refractivity contribution in [3.05, 3.63) is 24.2 Å². The number of carbonyl (C=O) groups is 2. The Hall–Kier alpha value is -2.02. The van der Waals surface area contributed by atoms with Crippen LogP contribution in [-0.4, -0.2) is 61.0 Å². The van der Waals surface area contributed by atoms with E-state index < -0.39 is 0 Å². The van der Waals surface area contributed by atoms with Gasteiger partial charge in [-0.2, -0.15) is 0 Å². The Kier molecular flexibility index (Phi) is 6.33. The summed E-state index contributed by atoms with van der Waals surface area (Å²) >= 11 is 0. The molecular weight excluding hydrogens is 320 g/mol. The number of urea groups is 1. The van der Waals surface area contributed by atoms with Gasteiger partial charge in [0, 0.05) is 32.6 Å². The molecule has 0 bridgehead atoms. The van der Waals surface area contributed by atoms with E-state index >= 15 is 0 Å². The van der Waals surface area contributed by atoms with Gasteiger partial charge < -0.3 is 20.0 Å². The van der Waals surface area contributed by atoms with Crippen molar-refractivity contribution in [3.63, 3.8) is 0 Å². The predicted octanol–water partition coefficient (Wildman–Crippen LogP) is 1.73. The molecule has 2 fully saturated rings. The fourth-order valence-electron chi connectivity index (χ4n) is 3.61. The maximum atomic E-state index is 12.0. The second kappa shape index (κ2) is 8.89. The summed E-state index contributed by atoms with van der Waals surface area (Å²) in [5.74, 6) is 1.13. The number of rotatable bonds is 8. The Balaban J connectivity index is 1.37. The van der Waals surface area contributed by atoms with Crippen LogP contribution in [0.4, 0.5) is 4.79 Å². The molecular formula is C18H28N4O3. The minimum Gasteiger partial charge on any atom is -0.468 e. The first-order chi connectivity index (χ1) is 12.2. The number of hydrogen-bond acceptors (Lipinski definition) is 4. The minimum absolute atomic E-state index is 0.0884. The lowest BCUT2D eigenvalue weighted by Gasteiger charge is -2.26. The molecule has 0 radical (unpaired) electrons. The lowest BCUT2D eigenvalue weighted by molar-refractivity contribution is -0.127. The van der Waals surface area contributed by atoms with E-state index in [1.165, 1.54) is 12.8 Å². The minimum atomic E-state index is -0.163. The van der Waals surface area contributed by atoms with Gasteiger partial charge in [-0.05, 0) is 50.9 Å². The van der Waals surface area contributed by atoms with E-state index in [4.69, 9.17) is 4.42 Å². The Labute approximate surface area is 148 Å². The molecule has 25 heavy (non-hydrogen) atoms. The molecule has 2 aliphatic rings. The van der Waals surface area contributed by atoms with Crippen molar-refractivity contribution in [1.82, 2.24) is 20.4 Å². The largest absolute Gasteiger partial charge is 0.468 e. The molecule has 1 aromatic heterocycles. The molecule has 3 amide bonds. The number of furan rings is 1. The predicted molar refractivity (Wildman–Crippen MR) is 94.1 cm³/mol. The topological polar surface area (TPSA) is 77.8 Å². The molecule has 1 aromatic rings. The van der Waals surface area contributed by atoms with Crippen LogP contribution >= 0.6 is 0 Å². The maximum absolute atomic E-state index is 12.0. The second-order valence-electron chi connectivity index (χ2n) is 6.75. The van der Waals surface area contributed by atoms with Crippen LogP contribution in [0.25, 0.3) is 0 Å². The van der Waals surface area contributed by atoms with Crippen LogP contribution < -0.4 is 10.6 Å². The first-order valence-electron chi connectivity index (χ1n) is 9.31. The molecule has 0 spiro atoms. The number of amides is 3. The van der Waals surface area contributed by atoms with Gasteiger partial charge in [0.25, 0.3) is 0 Å². The average molecular weight is 348 g/mol. The van der Waals surface area contributed by atoms with Gasteiger partial charge in [0.2, 0.25) is 5.91 Å². The van der Waals surface area contributed by atoms with Gasteiger partial charge in [-0.15, -0.1) is 0 Å². The molecule has 7 nitrogen and oxygen atoms in total. The third-order valence-electron chi connectivity index (χ3n) is 4.97. The number of nitrogens with zero attached hydrogens (tertiary/aromatic N) is 2. The zero-order valence-corrected chi connectivity index (χ0v) is 14.7. The Morgan fingerprint density at radius 2 is 2.04 bits per heavy atom. The first-order valence-corrected chi connectivity index (χ1v) is 9.31. The van der Waals surface area contributed by atoms with Crippen molar-refractivity contribution < 1.29 is 14.0 Å². The molecule has 3 heterocycles. The highest BCUT2D eigenvalue weighted by molar-refractivity contribution is 5.78. The lowest BCUT2D eigenvalue weighted by atomic mass is 10.2. The van der Waals surface area contributed by atoms with E-state index in [2.05, 4.69) is 15.5 Å². The summed E-state index contributed by atoms with van der Waals surface area (Å²) in [6, 6.07) is 3.78. The van der Waals surface area contributed by atoms with Gasteiger partial charge in [-0.1, -0.05) is 0 Å². The quantitative estimate of drug-likeness (QED) is 0.702. The summed E-state index contributed by atoms with van der Waals surface area (Å²) in [7, 11) is 0. The number of carbonyl (C=O) groups excluding carboxylic acids is 2. The third kappa shape index (κ3) is 4.98. The van der Waals surface area contributed by atoms with Crippen molar-refractivity contribution in [1.29, 1.82) is 0 Å². The highest BCUT2D eigenvalue weighted by Crippen LogP contribution is 2.24. The van der Waals surface area contributed by atoms with Crippen LogP contribution in [0.15, 0.2) is 22.8 Å². The van der Waals surface area contributed by atoms with Gasteiger partial charge >= 0.3 is 6.03 Å². The highest BCUT2D eigenvalue weighted by atomic mass is 16.3. The van der Waals surface area contributed by atoms with Crippen LogP contribution in [-0.2, 0) is 4.79 Å². The smallest absolute Gasteiger partial charge is 0.314 e. The summed E-state index contributed by atoms with van der Waals surface area (Å²) in [6.45, 7) is 4.76. The number of likely N-dealkylation sites (tertiary alicyclic amines) is 2.